The number of benzene rings is 1. The predicted molar refractivity (Wildman–Crippen MR) is 71.7 cm³/mol. The van der Waals surface area contributed by atoms with E-state index in [-0.39, 0.29) is 5.11 Å². The Kier molecular flexibility index (Phi) is 5.22. The fourth-order valence-electron chi connectivity index (χ4n) is 1.21. The summed E-state index contributed by atoms with van der Waals surface area (Å²) < 4.78 is 10.6. The summed E-state index contributed by atoms with van der Waals surface area (Å²) in [5.74, 6) is 1.36. The molecule has 3 N–H and O–H groups in total. The lowest BCUT2D eigenvalue weighted by molar-refractivity contribution is 0.311. The Hall–Kier alpha value is -1.82. The molecule has 1 aromatic carbocycles. The van der Waals surface area contributed by atoms with Crippen molar-refractivity contribution in [3.05, 3.63) is 23.8 Å². The molecular formula is C11H15N3O2S. The van der Waals surface area contributed by atoms with Crippen LogP contribution in [0.2, 0.25) is 0 Å². The van der Waals surface area contributed by atoms with E-state index in [1.54, 1.807) is 13.3 Å². The highest BCUT2D eigenvalue weighted by Gasteiger charge is 2.03. The third-order valence-corrected chi connectivity index (χ3v) is 1.97. The van der Waals surface area contributed by atoms with E-state index in [0.717, 1.165) is 5.56 Å². The standard InChI is InChI=1S/C11H15N3O2S/c1-3-16-9-5-4-8(6-10(9)15-2)7-13-14-11(12)17/h4-7H,3H2,1-2H3,(H3,12,14,17). The SMILES string of the molecule is CCOc1ccc(C=NNC(N)=S)cc1OC. The minimum Gasteiger partial charge on any atom is -0.493 e. The lowest BCUT2D eigenvalue weighted by Crippen LogP contribution is -2.23. The van der Waals surface area contributed by atoms with Crippen LogP contribution in [-0.2, 0) is 0 Å². The number of methoxy groups -OCH3 is 1. The highest BCUT2D eigenvalue weighted by Crippen LogP contribution is 2.27. The van der Waals surface area contributed by atoms with Gasteiger partial charge < -0.3 is 15.2 Å². The average Bonchev–Trinajstić information content (AvgIpc) is 2.30. The Morgan fingerprint density at radius 1 is 1.53 bits per heavy atom. The molecule has 0 amide bonds. The zero-order valence-corrected chi connectivity index (χ0v) is 10.6. The molecule has 0 bridgehead atoms. The number of rotatable bonds is 5. The molecule has 0 saturated heterocycles. The number of hydrazone groups is 1. The molecule has 0 atom stereocenters. The highest BCUT2D eigenvalue weighted by molar-refractivity contribution is 7.80. The summed E-state index contributed by atoms with van der Waals surface area (Å²) in [4.78, 5) is 0. The van der Waals surface area contributed by atoms with Gasteiger partial charge in [-0.05, 0) is 42.9 Å². The molecule has 0 fully saturated rings. The van der Waals surface area contributed by atoms with Crippen LogP contribution < -0.4 is 20.6 Å². The van der Waals surface area contributed by atoms with E-state index in [4.69, 9.17) is 15.2 Å². The summed E-state index contributed by atoms with van der Waals surface area (Å²) in [6.07, 6.45) is 1.59. The molecule has 0 heterocycles. The zero-order valence-electron chi connectivity index (χ0n) is 9.77. The van der Waals surface area contributed by atoms with Crippen LogP contribution in [0.25, 0.3) is 0 Å². The maximum absolute atomic E-state index is 5.40. The lowest BCUT2D eigenvalue weighted by Gasteiger charge is -2.09. The molecular weight excluding hydrogens is 238 g/mol. The van der Waals surface area contributed by atoms with E-state index in [9.17, 15) is 0 Å². The van der Waals surface area contributed by atoms with E-state index in [1.807, 2.05) is 25.1 Å². The summed E-state index contributed by atoms with van der Waals surface area (Å²) in [5.41, 5.74) is 8.57. The average molecular weight is 253 g/mol. The number of nitrogens with one attached hydrogen (secondary N) is 1. The van der Waals surface area contributed by atoms with E-state index >= 15 is 0 Å². The summed E-state index contributed by atoms with van der Waals surface area (Å²) in [6.45, 7) is 2.51. The lowest BCUT2D eigenvalue weighted by atomic mass is 10.2. The molecule has 92 valence electrons. The molecule has 6 heteroatoms. The van der Waals surface area contributed by atoms with E-state index in [0.29, 0.717) is 18.1 Å². The van der Waals surface area contributed by atoms with Crippen molar-refractivity contribution in [2.24, 2.45) is 10.8 Å². The topological polar surface area (TPSA) is 68.9 Å². The Morgan fingerprint density at radius 3 is 2.88 bits per heavy atom. The first-order chi connectivity index (χ1) is 8.17. The second-order valence-electron chi connectivity index (χ2n) is 3.08. The summed E-state index contributed by atoms with van der Waals surface area (Å²) in [5, 5.41) is 3.98. The van der Waals surface area contributed by atoms with Crippen molar-refractivity contribution in [1.29, 1.82) is 0 Å². The van der Waals surface area contributed by atoms with Gasteiger partial charge in [-0.25, -0.2) is 0 Å². The molecule has 17 heavy (non-hydrogen) atoms. The first-order valence-corrected chi connectivity index (χ1v) is 5.47. The molecule has 0 spiro atoms. The van der Waals surface area contributed by atoms with Crippen molar-refractivity contribution in [3.63, 3.8) is 0 Å². The summed E-state index contributed by atoms with van der Waals surface area (Å²) in [7, 11) is 1.59. The molecule has 0 aliphatic rings. The van der Waals surface area contributed by atoms with Gasteiger partial charge in [0.2, 0.25) is 0 Å². The summed E-state index contributed by atoms with van der Waals surface area (Å²) >= 11 is 4.62. The Balaban J connectivity index is 2.81. The van der Waals surface area contributed by atoms with Crippen LogP contribution in [-0.4, -0.2) is 25.0 Å². The normalized spacial score (nSPS) is 10.2. The van der Waals surface area contributed by atoms with Gasteiger partial charge in [0.25, 0.3) is 0 Å². The van der Waals surface area contributed by atoms with Gasteiger partial charge in [-0.3, -0.25) is 5.43 Å². The molecule has 1 aromatic rings. The Labute approximate surface area is 106 Å². The molecule has 1 rings (SSSR count). The minimum absolute atomic E-state index is 0.124. The predicted octanol–water partition coefficient (Wildman–Crippen LogP) is 1.26. The Morgan fingerprint density at radius 2 is 2.29 bits per heavy atom. The van der Waals surface area contributed by atoms with Crippen molar-refractivity contribution >= 4 is 23.5 Å². The van der Waals surface area contributed by atoms with Gasteiger partial charge in [0, 0.05) is 0 Å². The van der Waals surface area contributed by atoms with Gasteiger partial charge in [-0.1, -0.05) is 0 Å². The van der Waals surface area contributed by atoms with Crippen LogP contribution in [0.1, 0.15) is 12.5 Å². The van der Waals surface area contributed by atoms with E-state index < -0.39 is 0 Å². The third-order valence-electron chi connectivity index (χ3n) is 1.88. The van der Waals surface area contributed by atoms with E-state index in [2.05, 4.69) is 22.7 Å². The van der Waals surface area contributed by atoms with Crippen LogP contribution in [0.15, 0.2) is 23.3 Å². The van der Waals surface area contributed by atoms with Crippen LogP contribution in [0.5, 0.6) is 11.5 Å². The second kappa shape index (κ2) is 6.70. The maximum atomic E-state index is 5.40. The maximum Gasteiger partial charge on any atom is 0.184 e. The molecule has 0 radical (unpaired) electrons. The molecule has 0 aliphatic carbocycles. The van der Waals surface area contributed by atoms with Gasteiger partial charge in [-0.15, -0.1) is 0 Å². The van der Waals surface area contributed by atoms with Crippen LogP contribution in [0, 0.1) is 0 Å². The van der Waals surface area contributed by atoms with Crippen LogP contribution in [0.4, 0.5) is 0 Å². The fraction of sp³-hybridized carbons (Fsp3) is 0.273. The Bertz CT molecular complexity index is 421. The van der Waals surface area contributed by atoms with Gasteiger partial charge >= 0.3 is 0 Å². The smallest absolute Gasteiger partial charge is 0.184 e. The summed E-state index contributed by atoms with van der Waals surface area (Å²) in [6, 6.07) is 5.50. The van der Waals surface area contributed by atoms with E-state index in [1.165, 1.54) is 0 Å². The molecule has 0 aliphatic heterocycles. The minimum atomic E-state index is 0.124. The highest BCUT2D eigenvalue weighted by atomic mass is 32.1. The molecule has 0 unspecified atom stereocenters. The van der Waals surface area contributed by atoms with Crippen LogP contribution in [0.3, 0.4) is 0 Å². The van der Waals surface area contributed by atoms with Crippen molar-refractivity contribution in [1.82, 2.24) is 5.43 Å². The second-order valence-corrected chi connectivity index (χ2v) is 3.52. The number of ether oxygens (including phenoxy) is 2. The fourth-order valence-corrected chi connectivity index (χ4v) is 1.26. The monoisotopic (exact) mass is 253 g/mol. The molecule has 5 nitrogen and oxygen atoms in total. The number of hydrogen-bond donors (Lipinski definition) is 2. The van der Waals surface area contributed by atoms with Gasteiger partial charge in [0.1, 0.15) is 0 Å². The first kappa shape index (κ1) is 13.2. The number of nitrogens with zero attached hydrogens (tertiary/aromatic N) is 1. The largest absolute Gasteiger partial charge is 0.493 e. The van der Waals surface area contributed by atoms with Gasteiger partial charge in [-0.2, -0.15) is 5.10 Å². The third kappa shape index (κ3) is 4.28. The van der Waals surface area contributed by atoms with Crippen molar-refractivity contribution in [2.45, 2.75) is 6.92 Å². The van der Waals surface area contributed by atoms with Crippen molar-refractivity contribution in [2.75, 3.05) is 13.7 Å². The number of hydrogen-bond acceptors (Lipinski definition) is 4. The van der Waals surface area contributed by atoms with Gasteiger partial charge in [0.05, 0.1) is 19.9 Å². The van der Waals surface area contributed by atoms with Crippen LogP contribution >= 0.6 is 12.2 Å². The quantitative estimate of drug-likeness (QED) is 0.470. The van der Waals surface area contributed by atoms with Crippen molar-refractivity contribution in [3.8, 4) is 11.5 Å². The number of nitrogens with two attached hydrogens (primary N) is 1. The molecule has 0 aromatic heterocycles. The zero-order chi connectivity index (χ0) is 12.7. The van der Waals surface area contributed by atoms with Gasteiger partial charge in [0.15, 0.2) is 16.6 Å². The molecule has 0 saturated carbocycles. The first-order valence-electron chi connectivity index (χ1n) is 5.06. The van der Waals surface area contributed by atoms with Crippen molar-refractivity contribution < 1.29 is 9.47 Å². The number of thiocarbonyl (C=S) groups is 1.